The molecule has 0 aliphatic carbocycles. The molecule has 7 heteroatoms. The van der Waals surface area contributed by atoms with E-state index in [1.807, 2.05) is 6.92 Å². The van der Waals surface area contributed by atoms with Crippen molar-refractivity contribution < 1.29 is 18.3 Å². The molecule has 0 amide bonds. The molecule has 0 aromatic heterocycles. The fourth-order valence-corrected chi connectivity index (χ4v) is 2.88. The zero-order valence-corrected chi connectivity index (χ0v) is 15.4. The van der Waals surface area contributed by atoms with Crippen LogP contribution in [0.1, 0.15) is 29.2 Å². The summed E-state index contributed by atoms with van der Waals surface area (Å²) < 4.78 is 38.0. The lowest BCUT2D eigenvalue weighted by Crippen LogP contribution is -2.37. The van der Waals surface area contributed by atoms with E-state index >= 15 is 0 Å². The number of halogens is 2. The summed E-state index contributed by atoms with van der Waals surface area (Å²) in [5, 5.41) is 6.34. The predicted octanol–water partition coefficient (Wildman–Crippen LogP) is 3.40. The van der Waals surface area contributed by atoms with E-state index in [2.05, 4.69) is 15.6 Å². The van der Waals surface area contributed by atoms with Gasteiger partial charge < -0.3 is 20.1 Å². The quantitative estimate of drug-likeness (QED) is 0.621. The lowest BCUT2D eigenvalue weighted by molar-refractivity contribution is -0.0172. The van der Waals surface area contributed by atoms with Crippen LogP contribution in [0.5, 0.6) is 5.75 Å². The Morgan fingerprint density at radius 1 is 1.19 bits per heavy atom. The smallest absolute Gasteiger partial charge is 0.191 e. The van der Waals surface area contributed by atoms with Crippen molar-refractivity contribution in [3.05, 3.63) is 64.2 Å². The van der Waals surface area contributed by atoms with Gasteiger partial charge in [0.25, 0.3) is 0 Å². The van der Waals surface area contributed by atoms with Gasteiger partial charge in [-0.05, 0) is 43.2 Å². The van der Waals surface area contributed by atoms with Crippen LogP contribution in [0.15, 0.2) is 35.3 Å². The van der Waals surface area contributed by atoms with E-state index in [9.17, 15) is 8.78 Å². The maximum Gasteiger partial charge on any atom is 0.191 e. The van der Waals surface area contributed by atoms with Gasteiger partial charge in [0.15, 0.2) is 12.8 Å². The molecule has 0 atom stereocenters. The van der Waals surface area contributed by atoms with Crippen molar-refractivity contribution in [2.45, 2.75) is 33.5 Å². The highest BCUT2D eigenvalue weighted by Gasteiger charge is 2.17. The van der Waals surface area contributed by atoms with Gasteiger partial charge in [0.05, 0.1) is 13.2 Å². The SMILES string of the molecule is CCNC(=NCc1ccc(F)c(C)c1)NCc1cc(F)cc2c1OCOC2. The molecule has 1 aliphatic rings. The highest BCUT2D eigenvalue weighted by Crippen LogP contribution is 2.29. The van der Waals surface area contributed by atoms with Crippen LogP contribution >= 0.6 is 0 Å². The molecule has 0 unspecified atom stereocenters. The van der Waals surface area contributed by atoms with Crippen molar-refractivity contribution in [3.63, 3.8) is 0 Å². The molecule has 1 heterocycles. The van der Waals surface area contributed by atoms with Crippen molar-refractivity contribution >= 4 is 5.96 Å². The summed E-state index contributed by atoms with van der Waals surface area (Å²) in [6, 6.07) is 7.81. The molecule has 0 fully saturated rings. The Morgan fingerprint density at radius 3 is 2.81 bits per heavy atom. The van der Waals surface area contributed by atoms with E-state index in [-0.39, 0.29) is 18.4 Å². The molecule has 3 rings (SSSR count). The zero-order valence-electron chi connectivity index (χ0n) is 15.4. The van der Waals surface area contributed by atoms with Crippen LogP contribution in [0.25, 0.3) is 0 Å². The van der Waals surface area contributed by atoms with E-state index in [0.717, 1.165) is 5.56 Å². The Labute approximate surface area is 157 Å². The fourth-order valence-electron chi connectivity index (χ4n) is 2.88. The third-order valence-corrected chi connectivity index (χ3v) is 4.18. The maximum atomic E-state index is 13.9. The maximum absolute atomic E-state index is 13.9. The van der Waals surface area contributed by atoms with Gasteiger partial charge in [-0.25, -0.2) is 13.8 Å². The van der Waals surface area contributed by atoms with Crippen molar-refractivity contribution in [1.29, 1.82) is 0 Å². The van der Waals surface area contributed by atoms with Gasteiger partial charge in [0.2, 0.25) is 0 Å². The van der Waals surface area contributed by atoms with Crippen LogP contribution in [0.2, 0.25) is 0 Å². The summed E-state index contributed by atoms with van der Waals surface area (Å²) in [4.78, 5) is 4.52. The van der Waals surface area contributed by atoms with E-state index in [4.69, 9.17) is 9.47 Å². The lowest BCUT2D eigenvalue weighted by atomic mass is 10.1. The molecule has 2 aromatic carbocycles. The molecule has 5 nitrogen and oxygen atoms in total. The number of nitrogens with one attached hydrogen (secondary N) is 2. The van der Waals surface area contributed by atoms with Gasteiger partial charge in [-0.2, -0.15) is 0 Å². The standard InChI is InChI=1S/C20H23F2N3O2/c1-3-23-20(24-9-14-4-5-18(22)13(2)6-14)25-10-15-7-17(21)8-16-11-26-12-27-19(15)16/h4-8H,3,9-12H2,1-2H3,(H2,23,24,25). The molecule has 0 bridgehead atoms. The molecule has 0 saturated heterocycles. The average molecular weight is 375 g/mol. The van der Waals surface area contributed by atoms with Crippen LogP contribution in [0, 0.1) is 18.6 Å². The van der Waals surface area contributed by atoms with Crippen LogP contribution in [-0.4, -0.2) is 19.3 Å². The molecule has 27 heavy (non-hydrogen) atoms. The minimum Gasteiger partial charge on any atom is -0.467 e. The number of hydrogen-bond acceptors (Lipinski definition) is 3. The molecule has 0 spiro atoms. The van der Waals surface area contributed by atoms with Gasteiger partial charge >= 0.3 is 0 Å². The number of guanidine groups is 1. The van der Waals surface area contributed by atoms with Crippen molar-refractivity contribution in [3.8, 4) is 5.75 Å². The molecular weight excluding hydrogens is 352 g/mol. The number of nitrogens with zero attached hydrogens (tertiary/aromatic N) is 1. The molecular formula is C20H23F2N3O2. The Hall–Kier alpha value is -2.67. The summed E-state index contributed by atoms with van der Waals surface area (Å²) in [5.74, 6) is 0.681. The molecule has 2 aromatic rings. The minimum absolute atomic E-state index is 0.156. The summed E-state index contributed by atoms with van der Waals surface area (Å²) in [6.07, 6.45) is 0. The first kappa shape index (κ1) is 19.1. The fraction of sp³-hybridized carbons (Fsp3) is 0.350. The molecule has 1 aliphatic heterocycles. The number of fused-ring (bicyclic) bond motifs is 1. The Balaban J connectivity index is 1.71. The zero-order chi connectivity index (χ0) is 19.2. The Morgan fingerprint density at radius 2 is 2.04 bits per heavy atom. The lowest BCUT2D eigenvalue weighted by Gasteiger charge is -2.21. The van der Waals surface area contributed by atoms with E-state index < -0.39 is 0 Å². The van der Waals surface area contributed by atoms with Crippen LogP contribution in [-0.2, 0) is 24.4 Å². The van der Waals surface area contributed by atoms with Gasteiger partial charge in [0, 0.05) is 24.2 Å². The summed E-state index contributed by atoms with van der Waals surface area (Å²) in [5.41, 5.74) is 2.90. The highest BCUT2D eigenvalue weighted by molar-refractivity contribution is 5.79. The van der Waals surface area contributed by atoms with Crippen molar-refractivity contribution in [2.75, 3.05) is 13.3 Å². The number of benzene rings is 2. The molecule has 0 saturated carbocycles. The number of hydrogen-bond donors (Lipinski definition) is 2. The number of aliphatic imine (C=N–C) groups is 1. The number of rotatable bonds is 5. The predicted molar refractivity (Wildman–Crippen MR) is 99.5 cm³/mol. The average Bonchev–Trinajstić information content (AvgIpc) is 2.66. The van der Waals surface area contributed by atoms with Crippen LogP contribution in [0.4, 0.5) is 8.78 Å². The summed E-state index contributed by atoms with van der Waals surface area (Å²) in [7, 11) is 0. The van der Waals surface area contributed by atoms with E-state index in [1.165, 1.54) is 18.2 Å². The topological polar surface area (TPSA) is 54.9 Å². The molecule has 2 N–H and O–H groups in total. The van der Waals surface area contributed by atoms with Crippen molar-refractivity contribution in [2.24, 2.45) is 4.99 Å². The molecule has 144 valence electrons. The minimum atomic E-state index is -0.330. The summed E-state index contributed by atoms with van der Waals surface area (Å²) in [6.45, 7) is 5.62. The van der Waals surface area contributed by atoms with Gasteiger partial charge in [-0.3, -0.25) is 0 Å². The van der Waals surface area contributed by atoms with Gasteiger partial charge in [-0.15, -0.1) is 0 Å². The largest absolute Gasteiger partial charge is 0.467 e. The van der Waals surface area contributed by atoms with Crippen LogP contribution in [0.3, 0.4) is 0 Å². The van der Waals surface area contributed by atoms with E-state index in [0.29, 0.717) is 54.6 Å². The van der Waals surface area contributed by atoms with Gasteiger partial charge in [-0.1, -0.05) is 12.1 Å². The van der Waals surface area contributed by atoms with E-state index in [1.54, 1.807) is 19.1 Å². The highest BCUT2D eigenvalue weighted by atomic mass is 19.1. The second-order valence-electron chi connectivity index (χ2n) is 6.30. The first-order valence-electron chi connectivity index (χ1n) is 8.86. The third-order valence-electron chi connectivity index (χ3n) is 4.18. The number of aryl methyl sites for hydroxylation is 1. The summed E-state index contributed by atoms with van der Waals surface area (Å²) >= 11 is 0. The number of ether oxygens (including phenoxy) is 2. The van der Waals surface area contributed by atoms with Gasteiger partial charge in [0.1, 0.15) is 17.4 Å². The molecule has 0 radical (unpaired) electrons. The Bertz CT molecular complexity index is 840. The normalized spacial score (nSPS) is 13.7. The first-order chi connectivity index (χ1) is 13.1. The van der Waals surface area contributed by atoms with Crippen LogP contribution < -0.4 is 15.4 Å². The second kappa shape index (κ2) is 8.81. The Kier molecular flexibility index (Phi) is 6.24. The third kappa shape index (κ3) is 4.95. The second-order valence-corrected chi connectivity index (χ2v) is 6.30. The monoisotopic (exact) mass is 375 g/mol. The van der Waals surface area contributed by atoms with Crippen molar-refractivity contribution in [1.82, 2.24) is 10.6 Å². The first-order valence-corrected chi connectivity index (χ1v) is 8.86.